The molecule has 6 atom stereocenters. The maximum atomic E-state index is 10.4. The van der Waals surface area contributed by atoms with Gasteiger partial charge in [0.05, 0.1) is 23.9 Å². The van der Waals surface area contributed by atoms with Crippen LogP contribution in [-0.4, -0.2) is 45.3 Å². The Hall–Kier alpha value is -2.50. The van der Waals surface area contributed by atoms with Crippen LogP contribution in [0.15, 0.2) is 107 Å². The van der Waals surface area contributed by atoms with Gasteiger partial charge in [0, 0.05) is 18.3 Å². The maximum Gasteiger partial charge on any atom is 0.121 e. The van der Waals surface area contributed by atoms with E-state index in [-0.39, 0.29) is 45.9 Å². The van der Waals surface area contributed by atoms with Gasteiger partial charge in [-0.3, -0.25) is 0 Å². The maximum absolute atomic E-state index is 10.4. The summed E-state index contributed by atoms with van der Waals surface area (Å²) in [4.78, 5) is 0. The van der Waals surface area contributed by atoms with Crippen LogP contribution in [0.25, 0.3) is 0 Å². The zero-order chi connectivity index (χ0) is 32.6. The average Bonchev–Trinajstić information content (AvgIpc) is 3.34. The lowest BCUT2D eigenvalue weighted by molar-refractivity contribution is -0.0683. The molecule has 0 amide bonds. The predicted octanol–water partition coefficient (Wildman–Crippen LogP) is 8.97. The molecular formula is C40H56O4. The summed E-state index contributed by atoms with van der Waals surface area (Å²) < 4.78 is 12.7. The van der Waals surface area contributed by atoms with Gasteiger partial charge in [-0.05, 0) is 83.1 Å². The molecule has 2 aliphatic heterocycles. The molecule has 0 unspecified atom stereocenters. The number of fused-ring (bicyclic) bond motifs is 2. The molecule has 4 rings (SSSR count). The highest BCUT2D eigenvalue weighted by Crippen LogP contribution is 2.66. The van der Waals surface area contributed by atoms with Gasteiger partial charge in [-0.25, -0.2) is 0 Å². The molecule has 44 heavy (non-hydrogen) atoms. The van der Waals surface area contributed by atoms with Crippen LogP contribution in [0.4, 0.5) is 0 Å². The second-order valence-electron chi connectivity index (χ2n) is 15.4. The minimum absolute atomic E-state index is 0.0500. The van der Waals surface area contributed by atoms with E-state index in [4.69, 9.17) is 9.47 Å². The summed E-state index contributed by atoms with van der Waals surface area (Å²) in [7, 11) is 0. The molecule has 0 bridgehead atoms. The summed E-state index contributed by atoms with van der Waals surface area (Å²) in [5.41, 5.74) is 4.89. The number of hydrogen-bond acceptors (Lipinski definition) is 4. The number of epoxide rings is 1. The molecule has 2 saturated carbocycles. The Labute approximate surface area is 267 Å². The SMILES string of the molecule is CC(=C/C=C/C(C)=C/C=C/C=C(C)/C=C/C=C(\C)[C@H]1C=C2C(C)(C)C[C@H](O)C[C@@]2(C)O1)/C=C/[C@@]12O[C@]1(C)C[C@@H](O)CC2(C)C. The van der Waals surface area contributed by atoms with Crippen LogP contribution in [0.5, 0.6) is 0 Å². The highest BCUT2D eigenvalue weighted by atomic mass is 16.6. The summed E-state index contributed by atoms with van der Waals surface area (Å²) >= 11 is 0. The van der Waals surface area contributed by atoms with Gasteiger partial charge in [0.1, 0.15) is 11.2 Å². The van der Waals surface area contributed by atoms with Gasteiger partial charge < -0.3 is 19.7 Å². The smallest absolute Gasteiger partial charge is 0.121 e. The number of ether oxygens (including phenoxy) is 2. The molecule has 0 aromatic carbocycles. The van der Waals surface area contributed by atoms with E-state index in [1.165, 1.54) is 27.9 Å². The zero-order valence-corrected chi connectivity index (χ0v) is 28.8. The molecule has 3 fully saturated rings. The lowest BCUT2D eigenvalue weighted by atomic mass is 9.63. The molecule has 4 heteroatoms. The summed E-state index contributed by atoms with van der Waals surface area (Å²) in [6, 6.07) is 0. The van der Waals surface area contributed by atoms with E-state index < -0.39 is 0 Å². The first-order chi connectivity index (χ1) is 20.4. The van der Waals surface area contributed by atoms with Crippen LogP contribution in [0, 0.1) is 10.8 Å². The summed E-state index contributed by atoms with van der Waals surface area (Å²) in [5, 5.41) is 20.6. The van der Waals surface area contributed by atoms with Crippen LogP contribution < -0.4 is 0 Å². The van der Waals surface area contributed by atoms with E-state index in [1.807, 2.05) is 0 Å². The Morgan fingerprint density at radius 1 is 0.705 bits per heavy atom. The first-order valence-electron chi connectivity index (χ1n) is 16.3. The Kier molecular flexibility index (Phi) is 9.93. The standard InChI is InChI=1S/C40H56O4/c1-28(17-13-18-30(3)21-22-40-37(7,8)25-33(42)27-39(40,10)44-40)15-11-12-16-29(2)19-14-20-31(4)34-23-35-36(5,6)24-32(41)26-38(35,9)43-34/h11-23,32-34,41-42H,24-27H2,1-10H3/b12-11+,17-13+,19-14+,22-21+,28-15+,29-16+,30-18-,31-20+/t32-,33-,34+,38+,39+,40-/m0/s1. The molecule has 4 aliphatic rings. The third kappa shape index (κ3) is 7.31. The van der Waals surface area contributed by atoms with Crippen molar-refractivity contribution in [3.63, 3.8) is 0 Å². The monoisotopic (exact) mass is 600 g/mol. The van der Waals surface area contributed by atoms with Crippen LogP contribution in [0.3, 0.4) is 0 Å². The molecule has 0 aromatic heterocycles. The summed E-state index contributed by atoms with van der Waals surface area (Å²) in [6.45, 7) is 21.5. The van der Waals surface area contributed by atoms with Gasteiger partial charge >= 0.3 is 0 Å². The van der Waals surface area contributed by atoms with Gasteiger partial charge in [0.15, 0.2) is 0 Å². The molecule has 0 spiro atoms. The summed E-state index contributed by atoms with van der Waals surface area (Å²) in [6.07, 6.45) is 29.9. The van der Waals surface area contributed by atoms with Crippen molar-refractivity contribution >= 4 is 0 Å². The van der Waals surface area contributed by atoms with Crippen LogP contribution in [0.1, 0.15) is 94.9 Å². The van der Waals surface area contributed by atoms with Crippen molar-refractivity contribution in [1.82, 2.24) is 0 Å². The lowest BCUT2D eigenvalue weighted by Crippen LogP contribution is -2.46. The van der Waals surface area contributed by atoms with Crippen molar-refractivity contribution in [3.8, 4) is 0 Å². The van der Waals surface area contributed by atoms with Gasteiger partial charge in [-0.1, -0.05) is 111 Å². The van der Waals surface area contributed by atoms with Crippen molar-refractivity contribution in [3.05, 3.63) is 107 Å². The molecule has 4 nitrogen and oxygen atoms in total. The molecule has 2 heterocycles. The second kappa shape index (κ2) is 12.7. The molecular weight excluding hydrogens is 544 g/mol. The number of hydrogen-bond donors (Lipinski definition) is 2. The number of aliphatic hydroxyl groups excluding tert-OH is 2. The molecule has 2 aliphatic carbocycles. The van der Waals surface area contributed by atoms with Crippen molar-refractivity contribution in [2.24, 2.45) is 10.8 Å². The summed E-state index contributed by atoms with van der Waals surface area (Å²) in [5.74, 6) is 0. The third-order valence-corrected chi connectivity index (χ3v) is 10.2. The molecule has 2 N–H and O–H groups in total. The zero-order valence-electron chi connectivity index (χ0n) is 28.8. The van der Waals surface area contributed by atoms with Crippen molar-refractivity contribution < 1.29 is 19.7 Å². The van der Waals surface area contributed by atoms with Crippen LogP contribution >= 0.6 is 0 Å². The second-order valence-corrected chi connectivity index (χ2v) is 15.4. The Morgan fingerprint density at radius 3 is 1.86 bits per heavy atom. The normalized spacial score (nSPS) is 37.7. The van der Waals surface area contributed by atoms with E-state index in [9.17, 15) is 10.2 Å². The molecule has 240 valence electrons. The minimum Gasteiger partial charge on any atom is -0.393 e. The Morgan fingerprint density at radius 2 is 1.25 bits per heavy atom. The minimum atomic E-state index is -0.385. The number of aliphatic hydroxyl groups is 2. The van der Waals surface area contributed by atoms with Crippen LogP contribution in [0.2, 0.25) is 0 Å². The fourth-order valence-corrected chi connectivity index (χ4v) is 7.95. The van der Waals surface area contributed by atoms with Gasteiger partial charge in [-0.2, -0.15) is 0 Å². The van der Waals surface area contributed by atoms with Crippen molar-refractivity contribution in [1.29, 1.82) is 0 Å². The lowest BCUT2D eigenvalue weighted by Gasteiger charge is -2.44. The largest absolute Gasteiger partial charge is 0.393 e. The van der Waals surface area contributed by atoms with Crippen molar-refractivity contribution in [2.45, 2.75) is 130 Å². The average molecular weight is 601 g/mol. The highest BCUT2D eigenvalue weighted by molar-refractivity contribution is 5.38. The highest BCUT2D eigenvalue weighted by Gasteiger charge is 2.74. The molecule has 1 saturated heterocycles. The van der Waals surface area contributed by atoms with E-state index in [0.717, 1.165) is 12.8 Å². The number of rotatable bonds is 9. The first-order valence-corrected chi connectivity index (χ1v) is 16.3. The van der Waals surface area contributed by atoms with Crippen molar-refractivity contribution in [2.75, 3.05) is 0 Å². The fraction of sp³-hybridized carbons (Fsp3) is 0.550. The van der Waals surface area contributed by atoms with E-state index in [1.54, 1.807) is 0 Å². The Bertz CT molecular complexity index is 1380. The molecule has 0 radical (unpaired) electrons. The number of allylic oxidation sites excluding steroid dienone is 14. The van der Waals surface area contributed by atoms with Gasteiger partial charge in [-0.15, -0.1) is 0 Å². The quantitative estimate of drug-likeness (QED) is 0.158. The van der Waals surface area contributed by atoms with Crippen LogP contribution in [-0.2, 0) is 9.47 Å². The molecule has 0 aromatic rings. The third-order valence-electron chi connectivity index (χ3n) is 10.2. The Balaban J connectivity index is 1.27. The predicted molar refractivity (Wildman–Crippen MR) is 183 cm³/mol. The fourth-order valence-electron chi connectivity index (χ4n) is 7.95. The van der Waals surface area contributed by atoms with E-state index in [0.29, 0.717) is 12.8 Å². The van der Waals surface area contributed by atoms with E-state index in [2.05, 4.69) is 148 Å². The van der Waals surface area contributed by atoms with Gasteiger partial charge in [0.25, 0.3) is 0 Å². The van der Waals surface area contributed by atoms with Gasteiger partial charge in [0.2, 0.25) is 0 Å². The topological polar surface area (TPSA) is 62.2 Å². The van der Waals surface area contributed by atoms with E-state index >= 15 is 0 Å². The first kappa shape index (κ1) is 34.4.